The lowest BCUT2D eigenvalue weighted by molar-refractivity contribution is 0.0675. The largest absolute Gasteiger partial charge is 0.372 e. The van der Waals surface area contributed by atoms with Gasteiger partial charge in [0.15, 0.2) is 0 Å². The van der Waals surface area contributed by atoms with Crippen LogP contribution < -0.4 is 5.32 Å². The number of rotatable bonds is 5. The zero-order valence-electron chi connectivity index (χ0n) is 11.8. The van der Waals surface area contributed by atoms with E-state index in [1.54, 1.807) is 13.2 Å². The summed E-state index contributed by atoms with van der Waals surface area (Å²) in [5.74, 6) is 0.967. The standard InChI is InChI=1S/C13H22N4O/c1-9(2)8-17(10(3)4)13(18)11-6-15-7-12(14-5)16-11/h6-7,9-10H,8H2,1-5H3,(H,14,16). The summed E-state index contributed by atoms with van der Waals surface area (Å²) < 4.78 is 0. The van der Waals surface area contributed by atoms with Gasteiger partial charge in [-0.05, 0) is 19.8 Å². The van der Waals surface area contributed by atoms with Crippen molar-refractivity contribution in [2.75, 3.05) is 18.9 Å². The van der Waals surface area contributed by atoms with E-state index in [-0.39, 0.29) is 11.9 Å². The molecule has 0 spiro atoms. The summed E-state index contributed by atoms with van der Waals surface area (Å²) >= 11 is 0. The van der Waals surface area contributed by atoms with Crippen LogP contribution in [-0.4, -0.2) is 40.4 Å². The lowest BCUT2D eigenvalue weighted by Gasteiger charge is -2.28. The zero-order valence-corrected chi connectivity index (χ0v) is 11.8. The summed E-state index contributed by atoms with van der Waals surface area (Å²) in [5, 5.41) is 2.89. The van der Waals surface area contributed by atoms with Crippen LogP contribution in [0, 0.1) is 5.92 Å². The second-order valence-electron chi connectivity index (χ2n) is 4.98. The second kappa shape index (κ2) is 6.33. The Morgan fingerprint density at radius 1 is 1.33 bits per heavy atom. The number of nitrogens with zero attached hydrogens (tertiary/aromatic N) is 3. The minimum absolute atomic E-state index is 0.0664. The van der Waals surface area contributed by atoms with Crippen molar-refractivity contribution >= 4 is 11.7 Å². The van der Waals surface area contributed by atoms with Gasteiger partial charge in [0, 0.05) is 19.6 Å². The molecule has 5 nitrogen and oxygen atoms in total. The van der Waals surface area contributed by atoms with E-state index in [9.17, 15) is 4.79 Å². The topological polar surface area (TPSA) is 58.1 Å². The predicted octanol–water partition coefficient (Wildman–Crippen LogP) is 2.02. The first-order valence-corrected chi connectivity index (χ1v) is 6.26. The van der Waals surface area contributed by atoms with Crippen LogP contribution in [0.1, 0.15) is 38.2 Å². The van der Waals surface area contributed by atoms with E-state index >= 15 is 0 Å². The molecule has 0 bridgehead atoms. The molecule has 1 heterocycles. The van der Waals surface area contributed by atoms with Crippen molar-refractivity contribution in [2.24, 2.45) is 5.92 Å². The van der Waals surface area contributed by atoms with Gasteiger partial charge >= 0.3 is 0 Å². The Balaban J connectivity index is 2.94. The number of hydrogen-bond donors (Lipinski definition) is 1. The van der Waals surface area contributed by atoms with Gasteiger partial charge in [-0.2, -0.15) is 0 Å². The second-order valence-corrected chi connectivity index (χ2v) is 4.98. The van der Waals surface area contributed by atoms with E-state index in [4.69, 9.17) is 0 Å². The highest BCUT2D eigenvalue weighted by molar-refractivity contribution is 5.92. The van der Waals surface area contributed by atoms with Crippen LogP contribution in [0.15, 0.2) is 12.4 Å². The molecular formula is C13H22N4O. The summed E-state index contributed by atoms with van der Waals surface area (Å²) in [5.41, 5.74) is 0.385. The molecule has 100 valence electrons. The zero-order chi connectivity index (χ0) is 13.7. The van der Waals surface area contributed by atoms with Crippen molar-refractivity contribution in [3.8, 4) is 0 Å². The van der Waals surface area contributed by atoms with Crippen molar-refractivity contribution in [3.05, 3.63) is 18.1 Å². The molecule has 0 saturated heterocycles. The van der Waals surface area contributed by atoms with Gasteiger partial charge in [0.05, 0.1) is 12.4 Å². The van der Waals surface area contributed by atoms with E-state index in [1.165, 1.54) is 6.20 Å². The molecular weight excluding hydrogens is 228 g/mol. The lowest BCUT2D eigenvalue weighted by Crippen LogP contribution is -2.40. The minimum Gasteiger partial charge on any atom is -0.372 e. The van der Waals surface area contributed by atoms with Crippen molar-refractivity contribution in [2.45, 2.75) is 33.7 Å². The normalized spacial score (nSPS) is 10.8. The Morgan fingerprint density at radius 3 is 2.50 bits per heavy atom. The highest BCUT2D eigenvalue weighted by atomic mass is 16.2. The third kappa shape index (κ3) is 3.68. The van der Waals surface area contributed by atoms with Crippen LogP contribution in [0.4, 0.5) is 5.82 Å². The average molecular weight is 250 g/mol. The van der Waals surface area contributed by atoms with Crippen molar-refractivity contribution in [1.29, 1.82) is 0 Å². The molecule has 0 aromatic carbocycles. The third-order valence-electron chi connectivity index (χ3n) is 2.56. The minimum atomic E-state index is -0.0664. The SMILES string of the molecule is CNc1cncc(C(=O)N(CC(C)C)C(C)C)n1. The van der Waals surface area contributed by atoms with Gasteiger partial charge in [0.1, 0.15) is 11.5 Å². The Hall–Kier alpha value is -1.65. The van der Waals surface area contributed by atoms with Crippen molar-refractivity contribution in [3.63, 3.8) is 0 Å². The molecule has 0 radical (unpaired) electrons. The molecule has 18 heavy (non-hydrogen) atoms. The number of carbonyl (C=O) groups is 1. The van der Waals surface area contributed by atoms with E-state index in [1.807, 2.05) is 18.7 Å². The van der Waals surface area contributed by atoms with Gasteiger partial charge in [-0.3, -0.25) is 9.78 Å². The van der Waals surface area contributed by atoms with Crippen molar-refractivity contribution < 1.29 is 4.79 Å². The van der Waals surface area contributed by atoms with E-state index in [2.05, 4.69) is 29.1 Å². The van der Waals surface area contributed by atoms with Crippen LogP contribution in [0.3, 0.4) is 0 Å². The Morgan fingerprint density at radius 2 is 2.00 bits per heavy atom. The smallest absolute Gasteiger partial charge is 0.274 e. The summed E-state index contributed by atoms with van der Waals surface area (Å²) in [6.45, 7) is 8.93. The molecule has 1 rings (SSSR count). The number of anilines is 1. The Kier molecular flexibility index (Phi) is 5.07. The number of aromatic nitrogens is 2. The lowest BCUT2D eigenvalue weighted by atomic mass is 10.1. The maximum atomic E-state index is 12.4. The maximum absolute atomic E-state index is 12.4. The fourth-order valence-electron chi connectivity index (χ4n) is 1.66. The molecule has 0 saturated carbocycles. The van der Waals surface area contributed by atoms with Crippen LogP contribution >= 0.6 is 0 Å². The first-order valence-electron chi connectivity index (χ1n) is 6.26. The van der Waals surface area contributed by atoms with Gasteiger partial charge < -0.3 is 10.2 Å². The highest BCUT2D eigenvalue weighted by Crippen LogP contribution is 2.10. The van der Waals surface area contributed by atoms with Crippen molar-refractivity contribution in [1.82, 2.24) is 14.9 Å². The quantitative estimate of drug-likeness (QED) is 0.868. The van der Waals surface area contributed by atoms with Crippen LogP contribution in [0.25, 0.3) is 0 Å². The molecule has 1 N–H and O–H groups in total. The predicted molar refractivity (Wildman–Crippen MR) is 72.6 cm³/mol. The highest BCUT2D eigenvalue weighted by Gasteiger charge is 2.21. The van der Waals surface area contributed by atoms with Crippen LogP contribution in [0.5, 0.6) is 0 Å². The van der Waals surface area contributed by atoms with Gasteiger partial charge in [0.2, 0.25) is 0 Å². The first-order chi connectivity index (χ1) is 8.45. The number of amides is 1. The molecule has 0 unspecified atom stereocenters. The van der Waals surface area contributed by atoms with Gasteiger partial charge in [-0.1, -0.05) is 13.8 Å². The number of carbonyl (C=O) groups excluding carboxylic acids is 1. The van der Waals surface area contributed by atoms with E-state index < -0.39 is 0 Å². The number of hydrogen-bond acceptors (Lipinski definition) is 4. The Labute approximate surface area is 109 Å². The van der Waals surface area contributed by atoms with E-state index in [0.29, 0.717) is 17.4 Å². The van der Waals surface area contributed by atoms with Crippen LogP contribution in [0.2, 0.25) is 0 Å². The molecule has 0 atom stereocenters. The molecule has 1 aromatic heterocycles. The summed E-state index contributed by atoms with van der Waals surface area (Å²) in [6.07, 6.45) is 3.11. The Bertz CT molecular complexity index is 404. The molecule has 0 aliphatic rings. The summed E-state index contributed by atoms with van der Waals surface area (Å²) in [7, 11) is 1.76. The maximum Gasteiger partial charge on any atom is 0.274 e. The monoisotopic (exact) mass is 250 g/mol. The van der Waals surface area contributed by atoms with E-state index in [0.717, 1.165) is 6.54 Å². The fraction of sp³-hybridized carbons (Fsp3) is 0.615. The molecule has 0 fully saturated rings. The summed E-state index contributed by atoms with van der Waals surface area (Å²) in [6, 6.07) is 0.153. The molecule has 0 aliphatic heterocycles. The van der Waals surface area contributed by atoms with Gasteiger partial charge in [-0.25, -0.2) is 4.98 Å². The average Bonchev–Trinajstić information content (AvgIpc) is 2.34. The summed E-state index contributed by atoms with van der Waals surface area (Å²) in [4.78, 5) is 22.5. The van der Waals surface area contributed by atoms with Gasteiger partial charge in [0.25, 0.3) is 5.91 Å². The molecule has 0 aliphatic carbocycles. The van der Waals surface area contributed by atoms with Gasteiger partial charge in [-0.15, -0.1) is 0 Å². The third-order valence-corrected chi connectivity index (χ3v) is 2.56. The fourth-order valence-corrected chi connectivity index (χ4v) is 1.66. The first kappa shape index (κ1) is 14.4. The van der Waals surface area contributed by atoms with Crippen LogP contribution in [-0.2, 0) is 0 Å². The molecule has 1 aromatic rings. The molecule has 5 heteroatoms. The number of nitrogens with one attached hydrogen (secondary N) is 1. The molecule has 1 amide bonds.